The summed E-state index contributed by atoms with van der Waals surface area (Å²) in [6.07, 6.45) is -0.0411. The largest absolute Gasteiger partial charge is 0.465 e. The van der Waals surface area contributed by atoms with Crippen molar-refractivity contribution in [3.05, 3.63) is 33.6 Å². The molecule has 0 atom stereocenters. The molecule has 0 unspecified atom stereocenters. The quantitative estimate of drug-likeness (QED) is 0.567. The summed E-state index contributed by atoms with van der Waals surface area (Å²) in [5, 5.41) is 19.3. The molecule has 0 saturated heterocycles. The van der Waals surface area contributed by atoms with Gasteiger partial charge in [-0.2, -0.15) is 0 Å². The molecule has 17 heavy (non-hydrogen) atoms. The van der Waals surface area contributed by atoms with Gasteiger partial charge in [0.15, 0.2) is 0 Å². The van der Waals surface area contributed by atoms with Crippen LogP contribution in [-0.2, 0) is 6.42 Å². The van der Waals surface area contributed by atoms with Crippen LogP contribution in [0.15, 0.2) is 12.3 Å². The third-order valence-electron chi connectivity index (χ3n) is 2.45. The molecule has 1 aliphatic heterocycles. The zero-order chi connectivity index (χ0) is 12.6. The molecule has 0 spiro atoms. The summed E-state index contributed by atoms with van der Waals surface area (Å²) in [6, 6.07) is 1.06. The van der Waals surface area contributed by atoms with Crippen LogP contribution in [0.25, 0.3) is 0 Å². The minimum atomic E-state index is -1.37. The Hall–Kier alpha value is -2.51. The van der Waals surface area contributed by atoms with Gasteiger partial charge in [-0.15, -0.1) is 0 Å². The lowest BCUT2D eigenvalue weighted by Gasteiger charge is -2.23. The first-order valence-electron chi connectivity index (χ1n) is 4.69. The van der Waals surface area contributed by atoms with Gasteiger partial charge in [0.05, 0.1) is 16.2 Å². The fourth-order valence-electron chi connectivity index (χ4n) is 1.61. The van der Waals surface area contributed by atoms with Crippen molar-refractivity contribution in [1.82, 2.24) is 9.88 Å². The van der Waals surface area contributed by atoms with Gasteiger partial charge in [0.2, 0.25) is 0 Å². The normalized spacial score (nSPS) is 14.4. The van der Waals surface area contributed by atoms with E-state index < -0.39 is 16.9 Å². The van der Waals surface area contributed by atoms with Gasteiger partial charge in [-0.1, -0.05) is 0 Å². The summed E-state index contributed by atoms with van der Waals surface area (Å²) in [4.78, 5) is 36.7. The monoisotopic (exact) mass is 237 g/mol. The Labute approximate surface area is 94.6 Å². The summed E-state index contributed by atoms with van der Waals surface area (Å²) in [5.74, 6) is -0.769. The van der Waals surface area contributed by atoms with E-state index in [9.17, 15) is 19.7 Å². The van der Waals surface area contributed by atoms with Crippen LogP contribution >= 0.6 is 0 Å². The van der Waals surface area contributed by atoms with E-state index in [0.717, 1.165) is 12.3 Å². The van der Waals surface area contributed by atoms with E-state index in [1.165, 1.54) is 0 Å². The molecule has 0 aliphatic carbocycles. The second kappa shape index (κ2) is 3.81. The molecule has 2 rings (SSSR count). The van der Waals surface area contributed by atoms with Crippen LogP contribution in [-0.4, -0.2) is 38.5 Å². The molecule has 0 fully saturated rings. The third-order valence-corrected chi connectivity index (χ3v) is 2.45. The van der Waals surface area contributed by atoms with Crippen LogP contribution < -0.4 is 0 Å². The van der Waals surface area contributed by atoms with Gasteiger partial charge in [0, 0.05) is 19.0 Å². The number of carbonyl (C=O) groups excluding carboxylic acids is 1. The highest BCUT2D eigenvalue weighted by Crippen LogP contribution is 2.21. The third kappa shape index (κ3) is 1.80. The molecule has 1 aromatic heterocycles. The Kier molecular flexibility index (Phi) is 2.47. The topological polar surface area (TPSA) is 114 Å². The van der Waals surface area contributed by atoms with E-state index in [4.69, 9.17) is 5.11 Å². The van der Waals surface area contributed by atoms with Crippen LogP contribution in [0.3, 0.4) is 0 Å². The van der Waals surface area contributed by atoms with Crippen LogP contribution in [0.2, 0.25) is 0 Å². The zero-order valence-corrected chi connectivity index (χ0v) is 8.49. The van der Waals surface area contributed by atoms with Crippen molar-refractivity contribution >= 4 is 17.7 Å². The maximum atomic E-state index is 11.7. The standard InChI is InChI=1S/C9H7N3O5/c13-8-6-3-5(12(16)17)4-10-7(6)1-2-11(8)9(14)15/h3-4H,1-2H2,(H,14,15). The number of fused-ring (bicyclic) bond motifs is 1. The molecule has 8 heteroatoms. The summed E-state index contributed by atoms with van der Waals surface area (Å²) in [6.45, 7) is 0.0198. The average Bonchev–Trinajstić information content (AvgIpc) is 2.28. The number of carboxylic acid groups (broad SMARTS) is 1. The summed E-state index contributed by atoms with van der Waals surface area (Å²) >= 11 is 0. The van der Waals surface area contributed by atoms with E-state index in [0.29, 0.717) is 10.6 Å². The molecule has 1 N–H and O–H groups in total. The molecular formula is C9H7N3O5. The van der Waals surface area contributed by atoms with Gasteiger partial charge in [-0.3, -0.25) is 19.9 Å². The number of hydrogen-bond acceptors (Lipinski definition) is 5. The first-order valence-corrected chi connectivity index (χ1v) is 4.69. The van der Waals surface area contributed by atoms with Crippen molar-refractivity contribution < 1.29 is 19.6 Å². The number of pyridine rings is 1. The lowest BCUT2D eigenvalue weighted by atomic mass is 10.0. The molecule has 0 aromatic carbocycles. The maximum Gasteiger partial charge on any atom is 0.414 e. The minimum absolute atomic E-state index is 0.0198. The second-order valence-electron chi connectivity index (χ2n) is 3.43. The predicted octanol–water partition coefficient (Wildman–Crippen LogP) is 0.666. The predicted molar refractivity (Wildman–Crippen MR) is 53.7 cm³/mol. The van der Waals surface area contributed by atoms with Gasteiger partial charge >= 0.3 is 6.09 Å². The van der Waals surface area contributed by atoms with Crippen LogP contribution in [0.5, 0.6) is 0 Å². The molecule has 0 saturated carbocycles. The zero-order valence-electron chi connectivity index (χ0n) is 8.49. The van der Waals surface area contributed by atoms with Crippen molar-refractivity contribution in [2.24, 2.45) is 0 Å². The highest BCUT2D eigenvalue weighted by Gasteiger charge is 2.31. The number of aromatic nitrogens is 1. The summed E-state index contributed by atoms with van der Waals surface area (Å²) < 4.78 is 0. The lowest BCUT2D eigenvalue weighted by Crippen LogP contribution is -2.41. The van der Waals surface area contributed by atoms with E-state index >= 15 is 0 Å². The fourth-order valence-corrected chi connectivity index (χ4v) is 1.61. The van der Waals surface area contributed by atoms with E-state index in [-0.39, 0.29) is 24.2 Å². The molecule has 1 aliphatic rings. The van der Waals surface area contributed by atoms with E-state index in [1.807, 2.05) is 0 Å². The SMILES string of the molecule is O=C(O)N1CCc2ncc([N+](=O)[O-])cc2C1=O. The molecule has 2 heterocycles. The Morgan fingerprint density at radius 2 is 2.29 bits per heavy atom. The number of amides is 2. The van der Waals surface area contributed by atoms with Crippen molar-refractivity contribution in [1.29, 1.82) is 0 Å². The maximum absolute atomic E-state index is 11.7. The number of imide groups is 1. The summed E-state index contributed by atoms with van der Waals surface area (Å²) in [5.41, 5.74) is 0.0373. The number of hydrogen-bond donors (Lipinski definition) is 1. The van der Waals surface area contributed by atoms with Crippen molar-refractivity contribution in [2.75, 3.05) is 6.54 Å². The van der Waals surface area contributed by atoms with Crippen LogP contribution in [0.1, 0.15) is 16.1 Å². The van der Waals surface area contributed by atoms with Gasteiger partial charge in [-0.25, -0.2) is 9.69 Å². The molecule has 88 valence electrons. The molecule has 0 bridgehead atoms. The summed E-state index contributed by atoms with van der Waals surface area (Å²) in [7, 11) is 0. The van der Waals surface area contributed by atoms with Crippen molar-refractivity contribution in [2.45, 2.75) is 6.42 Å². The number of nitrogens with zero attached hydrogens (tertiary/aromatic N) is 3. The van der Waals surface area contributed by atoms with Gasteiger partial charge < -0.3 is 5.11 Å². The number of nitro groups is 1. The Bertz CT molecular complexity index is 527. The lowest BCUT2D eigenvalue weighted by molar-refractivity contribution is -0.385. The highest BCUT2D eigenvalue weighted by atomic mass is 16.6. The number of carbonyl (C=O) groups is 2. The van der Waals surface area contributed by atoms with E-state index in [2.05, 4.69) is 4.98 Å². The van der Waals surface area contributed by atoms with Crippen LogP contribution in [0.4, 0.5) is 10.5 Å². The first-order chi connectivity index (χ1) is 8.00. The molecule has 8 nitrogen and oxygen atoms in total. The molecular weight excluding hydrogens is 230 g/mol. The second-order valence-corrected chi connectivity index (χ2v) is 3.43. The first kappa shape index (κ1) is 11.0. The number of rotatable bonds is 1. The van der Waals surface area contributed by atoms with Crippen LogP contribution in [0, 0.1) is 10.1 Å². The molecule has 0 radical (unpaired) electrons. The van der Waals surface area contributed by atoms with Gasteiger partial charge in [-0.05, 0) is 0 Å². The Morgan fingerprint density at radius 1 is 1.59 bits per heavy atom. The fraction of sp³-hybridized carbons (Fsp3) is 0.222. The molecule has 1 aromatic rings. The van der Waals surface area contributed by atoms with E-state index in [1.54, 1.807) is 0 Å². The highest BCUT2D eigenvalue weighted by molar-refractivity contribution is 6.04. The van der Waals surface area contributed by atoms with Crippen molar-refractivity contribution in [3.8, 4) is 0 Å². The Balaban J connectivity index is 2.46. The molecule has 2 amide bonds. The van der Waals surface area contributed by atoms with Gasteiger partial charge in [0.1, 0.15) is 6.20 Å². The average molecular weight is 237 g/mol. The Morgan fingerprint density at radius 3 is 2.88 bits per heavy atom. The minimum Gasteiger partial charge on any atom is -0.465 e. The smallest absolute Gasteiger partial charge is 0.414 e. The van der Waals surface area contributed by atoms with Crippen molar-refractivity contribution in [3.63, 3.8) is 0 Å². The van der Waals surface area contributed by atoms with Gasteiger partial charge in [0.25, 0.3) is 11.6 Å².